The van der Waals surface area contributed by atoms with E-state index in [1.54, 1.807) is 12.1 Å². The van der Waals surface area contributed by atoms with E-state index in [0.717, 1.165) is 31.2 Å². The summed E-state index contributed by atoms with van der Waals surface area (Å²) in [7, 11) is 0. The minimum atomic E-state index is -0.723. The van der Waals surface area contributed by atoms with Gasteiger partial charge >= 0.3 is 0 Å². The van der Waals surface area contributed by atoms with Gasteiger partial charge in [0.25, 0.3) is 0 Å². The molecule has 18 heavy (non-hydrogen) atoms. The van der Waals surface area contributed by atoms with Crippen molar-refractivity contribution in [3.05, 3.63) is 35.9 Å². The van der Waals surface area contributed by atoms with E-state index < -0.39 is 11.9 Å². The molecule has 0 spiro atoms. The Labute approximate surface area is 107 Å². The van der Waals surface area contributed by atoms with Crippen molar-refractivity contribution in [1.82, 2.24) is 5.32 Å². The third-order valence-corrected chi connectivity index (χ3v) is 3.43. The summed E-state index contributed by atoms with van der Waals surface area (Å²) in [4.78, 5) is 23.5. The second-order valence-electron chi connectivity index (χ2n) is 4.74. The lowest BCUT2D eigenvalue weighted by atomic mass is 10.0. The molecule has 4 heteroatoms. The Morgan fingerprint density at radius 1 is 1.17 bits per heavy atom. The van der Waals surface area contributed by atoms with E-state index in [1.165, 1.54) is 0 Å². The zero-order valence-corrected chi connectivity index (χ0v) is 10.3. The van der Waals surface area contributed by atoms with Gasteiger partial charge in [0.2, 0.25) is 11.8 Å². The molecule has 0 aliphatic heterocycles. The van der Waals surface area contributed by atoms with Gasteiger partial charge < -0.3 is 11.1 Å². The minimum absolute atomic E-state index is 0.0376. The molecular formula is C14H18N2O2. The van der Waals surface area contributed by atoms with Crippen LogP contribution in [0.15, 0.2) is 30.3 Å². The van der Waals surface area contributed by atoms with Gasteiger partial charge in [-0.25, -0.2) is 0 Å². The predicted molar refractivity (Wildman–Crippen MR) is 68.5 cm³/mol. The van der Waals surface area contributed by atoms with Crippen molar-refractivity contribution >= 4 is 11.8 Å². The number of hydrogen-bond acceptors (Lipinski definition) is 2. The molecule has 1 saturated carbocycles. The average molecular weight is 246 g/mol. The van der Waals surface area contributed by atoms with E-state index >= 15 is 0 Å². The number of hydrogen-bond donors (Lipinski definition) is 2. The maximum absolute atomic E-state index is 12.0. The Morgan fingerprint density at radius 3 is 2.33 bits per heavy atom. The Kier molecular flexibility index (Phi) is 3.97. The van der Waals surface area contributed by atoms with Gasteiger partial charge in [0, 0.05) is 5.92 Å². The Bertz CT molecular complexity index is 425. The molecule has 0 saturated heterocycles. The van der Waals surface area contributed by atoms with Crippen molar-refractivity contribution < 1.29 is 9.59 Å². The first-order chi connectivity index (χ1) is 8.68. The second-order valence-corrected chi connectivity index (χ2v) is 4.74. The van der Waals surface area contributed by atoms with Gasteiger partial charge in [-0.2, -0.15) is 0 Å². The maximum atomic E-state index is 12.0. The molecule has 0 radical (unpaired) electrons. The number of nitrogens with two attached hydrogens (primary N) is 1. The summed E-state index contributed by atoms with van der Waals surface area (Å²) in [6, 6.07) is 8.38. The number of rotatable bonds is 4. The molecule has 1 fully saturated rings. The molecule has 96 valence electrons. The van der Waals surface area contributed by atoms with Crippen molar-refractivity contribution in [1.29, 1.82) is 0 Å². The lowest BCUT2D eigenvalue weighted by Gasteiger charge is -2.18. The Balaban J connectivity index is 2.07. The van der Waals surface area contributed by atoms with Crippen LogP contribution in [0.2, 0.25) is 0 Å². The van der Waals surface area contributed by atoms with E-state index in [2.05, 4.69) is 5.32 Å². The smallest absolute Gasteiger partial charge is 0.244 e. The normalized spacial score (nSPS) is 17.3. The third kappa shape index (κ3) is 2.88. The summed E-state index contributed by atoms with van der Waals surface area (Å²) in [5.41, 5.74) is 6.09. The maximum Gasteiger partial charge on any atom is 0.244 e. The standard InChI is InChI=1S/C14H18N2O2/c15-13(17)12(10-6-2-1-3-7-10)16-14(18)11-8-4-5-9-11/h1-3,6-7,11-12H,4-5,8-9H2,(H2,15,17)(H,16,18). The van der Waals surface area contributed by atoms with Gasteiger partial charge in [0.05, 0.1) is 0 Å². The van der Waals surface area contributed by atoms with E-state index in [9.17, 15) is 9.59 Å². The van der Waals surface area contributed by atoms with Gasteiger partial charge in [-0.05, 0) is 18.4 Å². The summed E-state index contributed by atoms with van der Waals surface area (Å²) in [5.74, 6) is -0.539. The van der Waals surface area contributed by atoms with E-state index in [4.69, 9.17) is 5.73 Å². The molecule has 0 heterocycles. The van der Waals surface area contributed by atoms with Crippen molar-refractivity contribution in [3.63, 3.8) is 0 Å². The average Bonchev–Trinajstić information content (AvgIpc) is 2.90. The lowest BCUT2D eigenvalue weighted by Crippen LogP contribution is -2.39. The highest BCUT2D eigenvalue weighted by molar-refractivity contribution is 5.88. The van der Waals surface area contributed by atoms with Crippen LogP contribution >= 0.6 is 0 Å². The molecule has 1 aromatic carbocycles. The van der Waals surface area contributed by atoms with Crippen LogP contribution in [0.3, 0.4) is 0 Å². The van der Waals surface area contributed by atoms with Crippen LogP contribution in [0.5, 0.6) is 0 Å². The molecule has 4 nitrogen and oxygen atoms in total. The first-order valence-corrected chi connectivity index (χ1v) is 6.33. The van der Waals surface area contributed by atoms with Crippen molar-refractivity contribution in [2.75, 3.05) is 0 Å². The van der Waals surface area contributed by atoms with Gasteiger partial charge in [0.15, 0.2) is 0 Å². The van der Waals surface area contributed by atoms with Gasteiger partial charge in [-0.15, -0.1) is 0 Å². The quantitative estimate of drug-likeness (QED) is 0.845. The van der Waals surface area contributed by atoms with Crippen molar-refractivity contribution in [2.45, 2.75) is 31.7 Å². The molecule has 1 unspecified atom stereocenters. The zero-order chi connectivity index (χ0) is 13.0. The molecule has 2 rings (SSSR count). The van der Waals surface area contributed by atoms with E-state index in [1.807, 2.05) is 18.2 Å². The SMILES string of the molecule is NC(=O)C(NC(=O)C1CCCC1)c1ccccc1. The molecule has 0 aromatic heterocycles. The van der Waals surface area contributed by atoms with Gasteiger partial charge in [0.1, 0.15) is 6.04 Å². The highest BCUT2D eigenvalue weighted by atomic mass is 16.2. The fourth-order valence-electron chi connectivity index (χ4n) is 2.41. The van der Waals surface area contributed by atoms with Crippen LogP contribution in [0.4, 0.5) is 0 Å². The van der Waals surface area contributed by atoms with Crippen molar-refractivity contribution in [2.24, 2.45) is 11.7 Å². The lowest BCUT2D eigenvalue weighted by molar-refractivity contribution is -0.129. The number of carbonyl (C=O) groups is 2. The first-order valence-electron chi connectivity index (χ1n) is 6.33. The molecule has 1 aromatic rings. The van der Waals surface area contributed by atoms with Crippen molar-refractivity contribution in [3.8, 4) is 0 Å². The van der Waals surface area contributed by atoms with Crippen LogP contribution in [0.25, 0.3) is 0 Å². The van der Waals surface area contributed by atoms with Crippen LogP contribution in [-0.4, -0.2) is 11.8 Å². The number of primary amides is 1. The number of amides is 2. The Morgan fingerprint density at radius 2 is 1.78 bits per heavy atom. The predicted octanol–water partition coefficient (Wildman–Crippen LogP) is 1.52. The topological polar surface area (TPSA) is 72.2 Å². The number of carbonyl (C=O) groups excluding carboxylic acids is 2. The summed E-state index contributed by atoms with van der Waals surface area (Å²) < 4.78 is 0. The molecule has 0 bridgehead atoms. The molecule has 1 aliphatic rings. The molecule has 1 aliphatic carbocycles. The first kappa shape index (κ1) is 12.6. The summed E-state index contributed by atoms with van der Waals surface area (Å²) in [6.07, 6.45) is 3.99. The minimum Gasteiger partial charge on any atom is -0.368 e. The summed E-state index contributed by atoms with van der Waals surface area (Å²) in [5, 5.41) is 2.76. The van der Waals surface area contributed by atoms with E-state index in [0.29, 0.717) is 0 Å². The van der Waals surface area contributed by atoms with E-state index in [-0.39, 0.29) is 11.8 Å². The third-order valence-electron chi connectivity index (χ3n) is 3.43. The monoisotopic (exact) mass is 246 g/mol. The molecular weight excluding hydrogens is 228 g/mol. The summed E-state index contributed by atoms with van der Waals surface area (Å²) >= 11 is 0. The number of nitrogens with one attached hydrogen (secondary N) is 1. The molecule has 3 N–H and O–H groups in total. The van der Waals surface area contributed by atoms with Crippen LogP contribution in [-0.2, 0) is 9.59 Å². The fraction of sp³-hybridized carbons (Fsp3) is 0.429. The van der Waals surface area contributed by atoms with Crippen LogP contribution in [0.1, 0.15) is 37.3 Å². The molecule has 2 amide bonds. The highest BCUT2D eigenvalue weighted by Gasteiger charge is 2.27. The highest BCUT2D eigenvalue weighted by Crippen LogP contribution is 2.25. The summed E-state index contributed by atoms with van der Waals surface area (Å²) in [6.45, 7) is 0. The van der Waals surface area contributed by atoms with Crippen LogP contribution in [0, 0.1) is 5.92 Å². The second kappa shape index (κ2) is 5.67. The van der Waals surface area contributed by atoms with Crippen LogP contribution < -0.4 is 11.1 Å². The van der Waals surface area contributed by atoms with Gasteiger partial charge in [-0.3, -0.25) is 9.59 Å². The Hall–Kier alpha value is -1.84. The fourth-order valence-corrected chi connectivity index (χ4v) is 2.41. The largest absolute Gasteiger partial charge is 0.368 e. The molecule has 1 atom stereocenters. The number of benzene rings is 1. The zero-order valence-electron chi connectivity index (χ0n) is 10.3. The van der Waals surface area contributed by atoms with Gasteiger partial charge in [-0.1, -0.05) is 43.2 Å².